The molecule has 5 heteroatoms. The van der Waals surface area contributed by atoms with Crippen molar-refractivity contribution in [3.8, 4) is 0 Å². The maximum absolute atomic E-state index is 12.9. The number of carbonyl (C=O) groups excluding carboxylic acids is 2. The molecule has 3 rings (SSSR count). The van der Waals surface area contributed by atoms with Gasteiger partial charge in [-0.3, -0.25) is 14.5 Å². The van der Waals surface area contributed by atoms with Crippen LogP contribution in [0.25, 0.3) is 5.57 Å². The normalized spacial score (nSPS) is 14.6. The minimum atomic E-state index is -0.223. The number of carbonyl (C=O) groups is 2. The highest BCUT2D eigenvalue weighted by Gasteiger charge is 2.38. The Kier molecular flexibility index (Phi) is 5.61. The zero-order chi connectivity index (χ0) is 17.8. The van der Waals surface area contributed by atoms with Crippen LogP contribution in [0, 0.1) is 0 Å². The molecule has 2 amide bonds. The van der Waals surface area contributed by atoms with Crippen LogP contribution in [0.5, 0.6) is 0 Å². The van der Waals surface area contributed by atoms with Gasteiger partial charge in [-0.15, -0.1) is 0 Å². The zero-order valence-electron chi connectivity index (χ0n) is 13.9. The van der Waals surface area contributed by atoms with E-state index in [1.165, 1.54) is 16.7 Å². The van der Waals surface area contributed by atoms with E-state index in [0.717, 1.165) is 23.3 Å². The number of thioether (sulfide) groups is 1. The lowest BCUT2D eigenvalue weighted by Crippen LogP contribution is -2.32. The first kappa shape index (κ1) is 17.8. The van der Waals surface area contributed by atoms with Crippen LogP contribution in [-0.2, 0) is 9.59 Å². The highest BCUT2D eigenvalue weighted by molar-refractivity contribution is 8.04. The number of benzene rings is 2. The molecular formula is C20H18ClNO2S. The molecule has 0 aliphatic carbocycles. The summed E-state index contributed by atoms with van der Waals surface area (Å²) < 4.78 is 0. The lowest BCUT2D eigenvalue weighted by molar-refractivity contribution is -0.136. The van der Waals surface area contributed by atoms with Gasteiger partial charge in [-0.1, -0.05) is 67.0 Å². The second kappa shape index (κ2) is 7.89. The average Bonchev–Trinajstić information content (AvgIpc) is 2.85. The minimum Gasteiger partial charge on any atom is -0.274 e. The fourth-order valence-corrected chi connectivity index (χ4v) is 3.80. The second-order valence-corrected chi connectivity index (χ2v) is 7.26. The Bertz CT molecular complexity index is 815. The van der Waals surface area contributed by atoms with Crippen molar-refractivity contribution in [1.29, 1.82) is 0 Å². The summed E-state index contributed by atoms with van der Waals surface area (Å²) >= 11 is 7.31. The molecule has 25 heavy (non-hydrogen) atoms. The summed E-state index contributed by atoms with van der Waals surface area (Å²) in [6.45, 7) is 2.49. The second-order valence-electron chi connectivity index (χ2n) is 5.74. The minimum absolute atomic E-state index is 0.211. The number of halogens is 1. The zero-order valence-corrected chi connectivity index (χ0v) is 15.4. The quantitative estimate of drug-likeness (QED) is 0.669. The van der Waals surface area contributed by atoms with Crippen molar-refractivity contribution in [2.45, 2.75) is 24.7 Å². The van der Waals surface area contributed by atoms with Crippen LogP contribution in [0.1, 0.15) is 25.3 Å². The molecule has 128 valence electrons. The monoisotopic (exact) mass is 371 g/mol. The molecule has 0 fully saturated rings. The van der Waals surface area contributed by atoms with Crippen molar-refractivity contribution in [3.05, 3.63) is 70.1 Å². The van der Waals surface area contributed by atoms with Crippen LogP contribution >= 0.6 is 23.4 Å². The number of amides is 2. The van der Waals surface area contributed by atoms with Crippen molar-refractivity contribution in [1.82, 2.24) is 4.90 Å². The van der Waals surface area contributed by atoms with E-state index in [0.29, 0.717) is 22.0 Å². The number of unbranched alkanes of at least 4 members (excludes halogenated alkanes) is 1. The summed E-state index contributed by atoms with van der Waals surface area (Å²) in [5, 5.41) is 0.598. The number of hydrogen-bond donors (Lipinski definition) is 0. The molecular weight excluding hydrogens is 354 g/mol. The van der Waals surface area contributed by atoms with Crippen LogP contribution < -0.4 is 0 Å². The topological polar surface area (TPSA) is 37.4 Å². The first-order valence-electron chi connectivity index (χ1n) is 8.21. The number of hydrogen-bond acceptors (Lipinski definition) is 3. The Morgan fingerprint density at radius 2 is 1.64 bits per heavy atom. The summed E-state index contributed by atoms with van der Waals surface area (Å²) in [5.41, 5.74) is 1.19. The van der Waals surface area contributed by atoms with Crippen LogP contribution in [0.3, 0.4) is 0 Å². The van der Waals surface area contributed by atoms with Crippen molar-refractivity contribution < 1.29 is 9.59 Å². The van der Waals surface area contributed by atoms with Crippen LogP contribution in [0.15, 0.2) is 64.4 Å². The number of rotatable bonds is 6. The molecule has 0 atom stereocenters. The largest absolute Gasteiger partial charge is 0.274 e. The summed E-state index contributed by atoms with van der Waals surface area (Å²) in [5.74, 6) is -0.434. The smallest absolute Gasteiger partial charge is 0.268 e. The van der Waals surface area contributed by atoms with Gasteiger partial charge in [-0.05, 0) is 36.2 Å². The molecule has 0 unspecified atom stereocenters. The van der Waals surface area contributed by atoms with E-state index in [1.54, 1.807) is 24.3 Å². The summed E-state index contributed by atoms with van der Waals surface area (Å²) in [6.07, 6.45) is 1.73. The molecule has 2 aromatic carbocycles. The van der Waals surface area contributed by atoms with Gasteiger partial charge < -0.3 is 0 Å². The molecule has 3 nitrogen and oxygen atoms in total. The van der Waals surface area contributed by atoms with Gasteiger partial charge in [0, 0.05) is 16.5 Å². The molecule has 0 saturated carbocycles. The van der Waals surface area contributed by atoms with Crippen LogP contribution in [0.2, 0.25) is 5.02 Å². The number of nitrogens with zero attached hydrogens (tertiary/aromatic N) is 1. The van der Waals surface area contributed by atoms with E-state index in [-0.39, 0.29) is 11.8 Å². The third-order valence-electron chi connectivity index (χ3n) is 3.96. The first-order valence-corrected chi connectivity index (χ1v) is 9.40. The lowest BCUT2D eigenvalue weighted by atomic mass is 10.1. The third kappa shape index (κ3) is 3.80. The standard InChI is InChI=1S/C20H18ClNO2S/c1-2-3-13-22-19(23)17(14-9-11-15(21)12-10-14)18(20(22)24)25-16-7-5-4-6-8-16/h4-12H,2-3,13H2,1H3. The predicted octanol–water partition coefficient (Wildman–Crippen LogP) is 5.01. The molecule has 0 aromatic heterocycles. The Labute approximate surface area is 156 Å². The van der Waals surface area contributed by atoms with Crippen molar-refractivity contribution in [3.63, 3.8) is 0 Å². The maximum atomic E-state index is 12.9. The Morgan fingerprint density at radius 3 is 2.28 bits per heavy atom. The molecule has 0 saturated heterocycles. The fraction of sp³-hybridized carbons (Fsp3) is 0.200. The Morgan fingerprint density at radius 1 is 0.960 bits per heavy atom. The maximum Gasteiger partial charge on any atom is 0.268 e. The van der Waals surface area contributed by atoms with E-state index in [2.05, 4.69) is 0 Å². The average molecular weight is 372 g/mol. The summed E-state index contributed by atoms with van der Waals surface area (Å²) in [7, 11) is 0. The molecule has 1 aliphatic rings. The molecule has 0 N–H and O–H groups in total. The predicted molar refractivity (Wildman–Crippen MR) is 102 cm³/mol. The molecule has 1 aliphatic heterocycles. The molecule has 1 heterocycles. The summed E-state index contributed by atoms with van der Waals surface area (Å²) in [6, 6.07) is 16.7. The van der Waals surface area contributed by atoms with Gasteiger partial charge in [-0.2, -0.15) is 0 Å². The van der Waals surface area contributed by atoms with Gasteiger partial charge in [0.15, 0.2) is 0 Å². The Balaban J connectivity index is 2.02. The fourth-order valence-electron chi connectivity index (χ4n) is 2.65. The van der Waals surface area contributed by atoms with E-state index in [9.17, 15) is 9.59 Å². The van der Waals surface area contributed by atoms with Gasteiger partial charge in [-0.25, -0.2) is 0 Å². The van der Waals surface area contributed by atoms with Gasteiger partial charge >= 0.3 is 0 Å². The van der Waals surface area contributed by atoms with Crippen molar-refractivity contribution in [2.24, 2.45) is 0 Å². The van der Waals surface area contributed by atoms with E-state index < -0.39 is 0 Å². The summed E-state index contributed by atoms with van der Waals surface area (Å²) in [4.78, 5) is 28.6. The molecule has 0 spiro atoms. The number of imide groups is 1. The van der Waals surface area contributed by atoms with E-state index >= 15 is 0 Å². The van der Waals surface area contributed by atoms with Gasteiger partial charge in [0.25, 0.3) is 11.8 Å². The van der Waals surface area contributed by atoms with Crippen LogP contribution in [0.4, 0.5) is 0 Å². The highest BCUT2D eigenvalue weighted by atomic mass is 35.5. The van der Waals surface area contributed by atoms with E-state index in [1.807, 2.05) is 37.3 Å². The van der Waals surface area contributed by atoms with Gasteiger partial charge in [0.1, 0.15) is 0 Å². The molecule has 2 aromatic rings. The highest BCUT2D eigenvalue weighted by Crippen LogP contribution is 2.39. The van der Waals surface area contributed by atoms with Crippen molar-refractivity contribution >= 4 is 40.8 Å². The van der Waals surface area contributed by atoms with E-state index in [4.69, 9.17) is 11.6 Å². The lowest BCUT2D eigenvalue weighted by Gasteiger charge is -2.14. The third-order valence-corrected chi connectivity index (χ3v) is 5.30. The van der Waals surface area contributed by atoms with Gasteiger partial charge in [0.2, 0.25) is 0 Å². The molecule has 0 radical (unpaired) electrons. The SMILES string of the molecule is CCCCN1C(=O)C(Sc2ccccc2)=C(c2ccc(Cl)cc2)C1=O. The van der Waals surface area contributed by atoms with Crippen LogP contribution in [-0.4, -0.2) is 23.3 Å². The van der Waals surface area contributed by atoms with Gasteiger partial charge in [0.05, 0.1) is 10.5 Å². The first-order chi connectivity index (χ1) is 12.1. The Hall–Kier alpha value is -2.04. The molecule has 0 bridgehead atoms. The van der Waals surface area contributed by atoms with Crippen molar-refractivity contribution in [2.75, 3.05) is 6.54 Å².